The molecule has 44 heavy (non-hydrogen) atoms. The Kier molecular flexibility index (Phi) is 14.3. The van der Waals surface area contributed by atoms with Gasteiger partial charge in [0.25, 0.3) is 0 Å². The zero-order valence-corrected chi connectivity index (χ0v) is 24.0. The lowest BCUT2D eigenvalue weighted by atomic mass is 9.98. The molecule has 0 saturated carbocycles. The van der Waals surface area contributed by atoms with Crippen molar-refractivity contribution < 1.29 is 42.6 Å². The van der Waals surface area contributed by atoms with Crippen LogP contribution in [0.3, 0.4) is 0 Å². The Morgan fingerprint density at radius 3 is 2.02 bits per heavy atom. The highest BCUT2D eigenvalue weighted by molar-refractivity contribution is 5.88. The molecule has 0 aliphatic rings. The predicted octanol–water partition coefficient (Wildman–Crippen LogP) is 5.19. The van der Waals surface area contributed by atoms with E-state index in [-0.39, 0.29) is 24.7 Å². The lowest BCUT2D eigenvalue weighted by Gasteiger charge is -2.23. The molecule has 1 aromatic heterocycles. The lowest BCUT2D eigenvalue weighted by Crippen LogP contribution is -2.47. The van der Waals surface area contributed by atoms with E-state index in [1.54, 1.807) is 6.20 Å². The van der Waals surface area contributed by atoms with Gasteiger partial charge in [-0.2, -0.15) is 13.2 Å². The number of aromatic nitrogens is 1. The van der Waals surface area contributed by atoms with Crippen molar-refractivity contribution in [3.63, 3.8) is 0 Å². The summed E-state index contributed by atoms with van der Waals surface area (Å²) in [6, 6.07) is 21.5. The Morgan fingerprint density at radius 1 is 0.864 bits per heavy atom. The van der Waals surface area contributed by atoms with E-state index >= 15 is 0 Å². The van der Waals surface area contributed by atoms with Crippen molar-refractivity contribution in [1.82, 2.24) is 15.6 Å². The van der Waals surface area contributed by atoms with Gasteiger partial charge in [0.05, 0.1) is 12.5 Å². The summed E-state index contributed by atoms with van der Waals surface area (Å²) in [5.74, 6) is -3.65. The number of pyridine rings is 1. The molecule has 0 aliphatic carbocycles. The number of halogens is 3. The molecule has 0 spiro atoms. The number of anilines is 1. The van der Waals surface area contributed by atoms with Crippen LogP contribution in [-0.2, 0) is 19.2 Å². The molecule has 2 atom stereocenters. The van der Waals surface area contributed by atoms with Gasteiger partial charge in [0.2, 0.25) is 11.8 Å². The molecule has 0 aliphatic heterocycles. The van der Waals surface area contributed by atoms with E-state index in [4.69, 9.17) is 9.90 Å². The Balaban J connectivity index is 0.000000860. The number of hydrogen-bond donors (Lipinski definition) is 5. The van der Waals surface area contributed by atoms with E-state index in [2.05, 4.69) is 20.9 Å². The van der Waals surface area contributed by atoms with Gasteiger partial charge in [0.15, 0.2) is 0 Å². The molecule has 0 saturated heterocycles. The molecule has 1 heterocycles. The van der Waals surface area contributed by atoms with Crippen molar-refractivity contribution in [2.45, 2.75) is 57.3 Å². The van der Waals surface area contributed by atoms with Gasteiger partial charge >= 0.3 is 18.1 Å². The average molecular weight is 617 g/mol. The first-order chi connectivity index (χ1) is 20.9. The van der Waals surface area contributed by atoms with Gasteiger partial charge in [-0.3, -0.25) is 14.4 Å². The number of nitrogens with one attached hydrogen (secondary N) is 3. The number of carbonyl (C=O) groups is 4. The van der Waals surface area contributed by atoms with Crippen LogP contribution in [-0.4, -0.2) is 57.7 Å². The fourth-order valence-corrected chi connectivity index (χ4v) is 3.99. The van der Waals surface area contributed by atoms with Gasteiger partial charge in [0.1, 0.15) is 11.9 Å². The van der Waals surface area contributed by atoms with Gasteiger partial charge in [-0.15, -0.1) is 0 Å². The lowest BCUT2D eigenvalue weighted by molar-refractivity contribution is -0.192. The molecule has 5 N–H and O–H groups in total. The van der Waals surface area contributed by atoms with Crippen LogP contribution < -0.4 is 16.0 Å². The minimum atomic E-state index is -5.08. The zero-order chi connectivity index (χ0) is 32.5. The van der Waals surface area contributed by atoms with Gasteiger partial charge < -0.3 is 26.2 Å². The standard InChI is InChI=1S/C29H34N4O4.C2HF3O2/c1-2-9-24(32-27(34)13-8-19-31-26-12-6-7-18-30-26)29(37)33-25(20-28(35)36)23-16-14-22(15-17-23)21-10-4-3-5-11-21;3-2(4,5)1(6)7/h3-7,10-12,14-18,24-25H,2,8-9,13,19-20H2,1H3,(H,30,31)(H,32,34)(H,33,37)(H,35,36);(H,6,7)/t24-,25?;/m1./s1. The van der Waals surface area contributed by atoms with Crippen molar-refractivity contribution in [1.29, 1.82) is 0 Å². The second-order valence-corrected chi connectivity index (χ2v) is 9.60. The highest BCUT2D eigenvalue weighted by atomic mass is 19.4. The smallest absolute Gasteiger partial charge is 0.481 e. The molecule has 0 radical (unpaired) electrons. The Bertz CT molecular complexity index is 1340. The number of rotatable bonds is 14. The Labute approximate surface area is 252 Å². The largest absolute Gasteiger partial charge is 0.490 e. The quantitative estimate of drug-likeness (QED) is 0.155. The van der Waals surface area contributed by atoms with Gasteiger partial charge in [-0.1, -0.05) is 74.0 Å². The van der Waals surface area contributed by atoms with Crippen LogP contribution in [0.1, 0.15) is 50.6 Å². The van der Waals surface area contributed by atoms with Crippen LogP contribution in [0.5, 0.6) is 0 Å². The van der Waals surface area contributed by atoms with Gasteiger partial charge in [-0.05, 0) is 41.7 Å². The van der Waals surface area contributed by atoms with E-state index in [9.17, 15) is 32.7 Å². The summed E-state index contributed by atoms with van der Waals surface area (Å²) >= 11 is 0. The summed E-state index contributed by atoms with van der Waals surface area (Å²) in [7, 11) is 0. The summed E-state index contributed by atoms with van der Waals surface area (Å²) in [4.78, 5) is 50.2. The first-order valence-electron chi connectivity index (χ1n) is 13.8. The average Bonchev–Trinajstić information content (AvgIpc) is 2.99. The monoisotopic (exact) mass is 616 g/mol. The maximum atomic E-state index is 13.1. The number of carboxylic acids is 2. The third-order valence-corrected chi connectivity index (χ3v) is 6.14. The summed E-state index contributed by atoms with van der Waals surface area (Å²) in [5, 5.41) is 25.4. The molecule has 13 heteroatoms. The highest BCUT2D eigenvalue weighted by Crippen LogP contribution is 2.24. The second kappa shape index (κ2) is 17.9. The Morgan fingerprint density at radius 2 is 1.48 bits per heavy atom. The summed E-state index contributed by atoms with van der Waals surface area (Å²) in [6.45, 7) is 2.51. The van der Waals surface area contributed by atoms with Crippen LogP contribution in [0.2, 0.25) is 0 Å². The third kappa shape index (κ3) is 12.9. The highest BCUT2D eigenvalue weighted by Gasteiger charge is 2.38. The zero-order valence-electron chi connectivity index (χ0n) is 24.0. The molecule has 2 amide bonds. The van der Waals surface area contributed by atoms with Crippen molar-refractivity contribution in [2.24, 2.45) is 0 Å². The SMILES string of the molecule is CCC[C@@H](NC(=O)CCCNc1ccccn1)C(=O)NC(CC(=O)O)c1ccc(-c2ccccc2)cc1.O=C(O)C(F)(F)F. The molecular formula is C31H35F3N4O6. The number of hydrogen-bond acceptors (Lipinski definition) is 6. The molecule has 0 fully saturated rings. The van der Waals surface area contributed by atoms with Crippen LogP contribution in [0.25, 0.3) is 11.1 Å². The van der Waals surface area contributed by atoms with Crippen molar-refractivity contribution in [2.75, 3.05) is 11.9 Å². The second-order valence-electron chi connectivity index (χ2n) is 9.60. The van der Waals surface area contributed by atoms with Crippen LogP contribution in [0.15, 0.2) is 79.0 Å². The number of aliphatic carboxylic acids is 2. The summed E-state index contributed by atoms with van der Waals surface area (Å²) < 4.78 is 31.7. The fraction of sp³-hybridized carbons (Fsp3) is 0.323. The third-order valence-electron chi connectivity index (χ3n) is 6.14. The van der Waals surface area contributed by atoms with E-state index in [0.29, 0.717) is 31.4 Å². The fourth-order valence-electron chi connectivity index (χ4n) is 3.99. The minimum absolute atomic E-state index is 0.224. The van der Waals surface area contributed by atoms with E-state index in [0.717, 1.165) is 16.9 Å². The number of amides is 2. The number of carbonyl (C=O) groups excluding carboxylic acids is 2. The van der Waals surface area contributed by atoms with Gasteiger partial charge in [0, 0.05) is 19.2 Å². The number of benzene rings is 2. The molecule has 236 valence electrons. The number of carboxylic acid groups (broad SMARTS) is 2. The first kappa shape index (κ1) is 35.3. The van der Waals surface area contributed by atoms with E-state index in [1.165, 1.54) is 0 Å². The minimum Gasteiger partial charge on any atom is -0.481 e. The van der Waals surface area contributed by atoms with Crippen molar-refractivity contribution in [3.8, 4) is 11.1 Å². The Hall–Kier alpha value is -4.94. The maximum Gasteiger partial charge on any atom is 0.490 e. The van der Waals surface area contributed by atoms with E-state index in [1.807, 2.05) is 79.7 Å². The van der Waals surface area contributed by atoms with Crippen molar-refractivity contribution >= 4 is 29.6 Å². The number of alkyl halides is 3. The first-order valence-corrected chi connectivity index (χ1v) is 13.8. The summed E-state index contributed by atoms with van der Waals surface area (Å²) in [6.07, 6.45) is -1.67. The molecule has 3 rings (SSSR count). The maximum absolute atomic E-state index is 13.1. The van der Waals surface area contributed by atoms with Crippen LogP contribution >= 0.6 is 0 Å². The normalized spacial score (nSPS) is 12.1. The predicted molar refractivity (Wildman–Crippen MR) is 158 cm³/mol. The molecule has 1 unspecified atom stereocenters. The topological polar surface area (TPSA) is 158 Å². The molecular weight excluding hydrogens is 581 g/mol. The van der Waals surface area contributed by atoms with E-state index < -0.39 is 30.2 Å². The van der Waals surface area contributed by atoms with Crippen LogP contribution in [0.4, 0.5) is 19.0 Å². The van der Waals surface area contributed by atoms with Gasteiger partial charge in [-0.25, -0.2) is 9.78 Å². The van der Waals surface area contributed by atoms with Crippen LogP contribution in [0, 0.1) is 0 Å². The summed E-state index contributed by atoms with van der Waals surface area (Å²) in [5.41, 5.74) is 2.74. The molecule has 0 bridgehead atoms. The molecule has 10 nitrogen and oxygen atoms in total. The molecule has 2 aromatic carbocycles. The number of nitrogens with zero attached hydrogens (tertiary/aromatic N) is 1. The molecule has 3 aromatic rings. The van der Waals surface area contributed by atoms with Crippen molar-refractivity contribution in [3.05, 3.63) is 84.6 Å².